The molecule has 3 aromatic rings. The fraction of sp³-hybridized carbons (Fsp3) is 0.355. The number of carbonyl (C=O) groups excluding carboxylic acids is 2. The van der Waals surface area contributed by atoms with Crippen LogP contribution in [0.3, 0.4) is 0 Å². The van der Waals surface area contributed by atoms with E-state index in [9.17, 15) is 9.59 Å². The molecule has 5 heteroatoms. The molecule has 3 aromatic carbocycles. The molecule has 1 atom stereocenters. The van der Waals surface area contributed by atoms with E-state index in [-0.39, 0.29) is 11.7 Å². The Balaban J connectivity index is 1.49. The van der Waals surface area contributed by atoms with Crippen molar-refractivity contribution >= 4 is 11.7 Å². The van der Waals surface area contributed by atoms with Crippen LogP contribution in [0, 0.1) is 5.92 Å². The summed E-state index contributed by atoms with van der Waals surface area (Å²) in [7, 11) is 0. The van der Waals surface area contributed by atoms with Crippen molar-refractivity contribution in [2.24, 2.45) is 5.92 Å². The van der Waals surface area contributed by atoms with Crippen LogP contribution in [0.4, 0.5) is 0 Å². The molecule has 5 nitrogen and oxygen atoms in total. The van der Waals surface area contributed by atoms with Gasteiger partial charge in [0, 0.05) is 25.1 Å². The van der Waals surface area contributed by atoms with Crippen molar-refractivity contribution in [3.05, 3.63) is 101 Å². The molecular weight excluding hydrogens is 448 g/mol. The van der Waals surface area contributed by atoms with Gasteiger partial charge in [0.1, 0.15) is 18.5 Å². The van der Waals surface area contributed by atoms with Crippen LogP contribution in [-0.2, 0) is 24.4 Å². The zero-order valence-electron chi connectivity index (χ0n) is 21.3. The third-order valence-corrected chi connectivity index (χ3v) is 6.63. The number of benzene rings is 3. The molecule has 1 amide bonds. The van der Waals surface area contributed by atoms with Gasteiger partial charge in [0.15, 0.2) is 5.78 Å². The summed E-state index contributed by atoms with van der Waals surface area (Å²) in [5, 5.41) is 3.07. The predicted octanol–water partition coefficient (Wildman–Crippen LogP) is 5.78. The average Bonchev–Trinajstić information content (AvgIpc) is 3.12. The third-order valence-electron chi connectivity index (χ3n) is 6.63. The molecule has 0 bridgehead atoms. The number of aryl methyl sites for hydroxylation is 1. The number of nitrogens with zero attached hydrogens (tertiary/aromatic N) is 1. The molecule has 1 heterocycles. The van der Waals surface area contributed by atoms with Gasteiger partial charge < -0.3 is 10.1 Å². The summed E-state index contributed by atoms with van der Waals surface area (Å²) in [6.07, 6.45) is 2.52. The van der Waals surface area contributed by atoms with Gasteiger partial charge in [-0.3, -0.25) is 14.5 Å². The lowest BCUT2D eigenvalue weighted by molar-refractivity contribution is -0.125. The number of ether oxygens (including phenoxy) is 1. The van der Waals surface area contributed by atoms with Crippen LogP contribution in [0.1, 0.15) is 60.2 Å². The van der Waals surface area contributed by atoms with Crippen LogP contribution in [0.5, 0.6) is 5.75 Å². The summed E-state index contributed by atoms with van der Waals surface area (Å²) < 4.78 is 5.91. The molecule has 0 fully saturated rings. The fourth-order valence-electron chi connectivity index (χ4n) is 4.57. The van der Waals surface area contributed by atoms with Gasteiger partial charge in [0.2, 0.25) is 0 Å². The molecule has 188 valence electrons. The minimum atomic E-state index is -0.656. The van der Waals surface area contributed by atoms with Crippen molar-refractivity contribution in [1.82, 2.24) is 10.2 Å². The molecule has 0 aliphatic carbocycles. The zero-order valence-corrected chi connectivity index (χ0v) is 21.3. The lowest BCUT2D eigenvalue weighted by atomic mass is 10.0. The molecule has 0 radical (unpaired) electrons. The first-order chi connectivity index (χ1) is 17.5. The second kappa shape index (κ2) is 12.5. The first kappa shape index (κ1) is 25.6. The lowest BCUT2D eigenvalue weighted by Crippen LogP contribution is -2.52. The Bertz CT molecular complexity index is 1160. The fourth-order valence-corrected chi connectivity index (χ4v) is 4.57. The van der Waals surface area contributed by atoms with Crippen LogP contribution in [0.2, 0.25) is 0 Å². The first-order valence-electron chi connectivity index (χ1n) is 12.9. The normalized spacial score (nSPS) is 14.5. The van der Waals surface area contributed by atoms with Crippen molar-refractivity contribution in [2.75, 3.05) is 6.54 Å². The van der Waals surface area contributed by atoms with Gasteiger partial charge in [-0.15, -0.1) is 0 Å². The SMILES string of the molecule is CC(C)CCC(=O)C(NC(=O)c1cccc(OCc2ccccc2)c1)N1CCCc2ccccc2C1. The van der Waals surface area contributed by atoms with E-state index in [0.717, 1.165) is 31.4 Å². The van der Waals surface area contributed by atoms with Gasteiger partial charge in [0.05, 0.1) is 0 Å². The Kier molecular flexibility index (Phi) is 8.90. The molecule has 1 aliphatic heterocycles. The molecular formula is C31H36N2O3. The summed E-state index contributed by atoms with van der Waals surface area (Å²) >= 11 is 0. The Morgan fingerprint density at radius 3 is 2.47 bits per heavy atom. The summed E-state index contributed by atoms with van der Waals surface area (Å²) in [5.41, 5.74) is 4.09. The number of rotatable bonds is 10. The van der Waals surface area contributed by atoms with Crippen LogP contribution in [0.15, 0.2) is 78.9 Å². The van der Waals surface area contributed by atoms with E-state index < -0.39 is 6.17 Å². The Morgan fingerprint density at radius 2 is 1.69 bits per heavy atom. The first-order valence-corrected chi connectivity index (χ1v) is 12.9. The van der Waals surface area contributed by atoms with E-state index in [1.807, 2.05) is 48.5 Å². The van der Waals surface area contributed by atoms with Gasteiger partial charge in [0.25, 0.3) is 5.91 Å². The quantitative estimate of drug-likeness (QED) is 0.397. The van der Waals surface area contributed by atoms with E-state index in [1.165, 1.54) is 11.1 Å². The van der Waals surface area contributed by atoms with Crippen LogP contribution in [0.25, 0.3) is 0 Å². The summed E-state index contributed by atoms with van der Waals surface area (Å²) in [6, 6.07) is 25.5. The van der Waals surface area contributed by atoms with Crippen molar-refractivity contribution < 1.29 is 14.3 Å². The summed E-state index contributed by atoms with van der Waals surface area (Å²) in [4.78, 5) is 28.9. The van der Waals surface area contributed by atoms with Gasteiger partial charge in [-0.25, -0.2) is 0 Å². The molecule has 1 unspecified atom stereocenters. The third kappa shape index (κ3) is 7.05. The maximum absolute atomic E-state index is 13.4. The molecule has 1 aliphatic rings. The van der Waals surface area contributed by atoms with Crippen molar-refractivity contribution in [3.63, 3.8) is 0 Å². The number of nitrogens with one attached hydrogen (secondary N) is 1. The van der Waals surface area contributed by atoms with Gasteiger partial charge in [-0.1, -0.05) is 74.5 Å². The molecule has 0 saturated carbocycles. The molecule has 36 heavy (non-hydrogen) atoms. The van der Waals surface area contributed by atoms with Gasteiger partial charge in [-0.05, 0) is 60.1 Å². The molecule has 0 spiro atoms. The molecule has 0 saturated heterocycles. The maximum Gasteiger partial charge on any atom is 0.252 e. The highest BCUT2D eigenvalue weighted by molar-refractivity contribution is 5.98. The van der Waals surface area contributed by atoms with Crippen molar-refractivity contribution in [2.45, 2.75) is 58.8 Å². The molecule has 0 aromatic heterocycles. The van der Waals surface area contributed by atoms with E-state index in [4.69, 9.17) is 4.74 Å². The highest BCUT2D eigenvalue weighted by Gasteiger charge is 2.29. The number of fused-ring (bicyclic) bond motifs is 1. The highest BCUT2D eigenvalue weighted by atomic mass is 16.5. The van der Waals surface area contributed by atoms with Crippen LogP contribution in [-0.4, -0.2) is 29.3 Å². The Hall–Kier alpha value is -3.44. The van der Waals surface area contributed by atoms with Crippen molar-refractivity contribution in [1.29, 1.82) is 0 Å². The highest BCUT2D eigenvalue weighted by Crippen LogP contribution is 2.22. The second-order valence-corrected chi connectivity index (χ2v) is 9.92. The number of hydrogen-bond donors (Lipinski definition) is 1. The summed E-state index contributed by atoms with van der Waals surface area (Å²) in [6.45, 7) is 6.06. The number of amides is 1. The predicted molar refractivity (Wildman–Crippen MR) is 143 cm³/mol. The van der Waals surface area contributed by atoms with Crippen LogP contribution >= 0.6 is 0 Å². The molecule has 1 N–H and O–H groups in total. The van der Waals surface area contributed by atoms with E-state index in [2.05, 4.69) is 42.3 Å². The monoisotopic (exact) mass is 484 g/mol. The molecule has 4 rings (SSSR count). The largest absolute Gasteiger partial charge is 0.489 e. The number of Topliss-reactive ketones (excluding diaryl/α,β-unsaturated/α-hetero) is 1. The summed E-state index contributed by atoms with van der Waals surface area (Å²) in [5.74, 6) is 0.847. The van der Waals surface area contributed by atoms with Gasteiger partial charge >= 0.3 is 0 Å². The van der Waals surface area contributed by atoms with Crippen LogP contribution < -0.4 is 10.1 Å². The smallest absolute Gasteiger partial charge is 0.252 e. The number of hydrogen-bond acceptors (Lipinski definition) is 4. The zero-order chi connectivity index (χ0) is 25.3. The second-order valence-electron chi connectivity index (χ2n) is 9.92. The number of carbonyl (C=O) groups is 2. The lowest BCUT2D eigenvalue weighted by Gasteiger charge is -2.30. The topological polar surface area (TPSA) is 58.6 Å². The van der Waals surface area contributed by atoms with E-state index in [0.29, 0.717) is 36.8 Å². The standard InChI is InChI=1S/C31H36N2O3/c1-23(2)17-18-29(34)30(33-19-9-15-25-12-6-7-13-27(25)21-33)32-31(35)26-14-8-16-28(20-26)36-22-24-10-4-3-5-11-24/h3-8,10-14,16,20,23,30H,9,15,17-19,21-22H2,1-2H3,(H,32,35). The van der Waals surface area contributed by atoms with Crippen molar-refractivity contribution in [3.8, 4) is 5.75 Å². The Morgan fingerprint density at radius 1 is 0.944 bits per heavy atom. The minimum absolute atomic E-state index is 0.0629. The van der Waals surface area contributed by atoms with Gasteiger partial charge in [-0.2, -0.15) is 0 Å². The minimum Gasteiger partial charge on any atom is -0.489 e. The average molecular weight is 485 g/mol. The van der Waals surface area contributed by atoms with E-state index >= 15 is 0 Å². The Labute approximate surface area is 214 Å². The maximum atomic E-state index is 13.4. The van der Waals surface area contributed by atoms with E-state index in [1.54, 1.807) is 12.1 Å². The number of ketones is 1.